The molecule has 1 unspecified atom stereocenters. The second kappa shape index (κ2) is 12.5. The maximum absolute atomic E-state index is 13.0. The maximum Gasteiger partial charge on any atom is 0.294 e. The van der Waals surface area contributed by atoms with E-state index in [0.717, 1.165) is 23.3 Å². The van der Waals surface area contributed by atoms with Gasteiger partial charge in [0.15, 0.2) is 0 Å². The first-order valence-electron chi connectivity index (χ1n) is 9.46. The number of fused-ring (bicyclic) bond motifs is 1. The summed E-state index contributed by atoms with van der Waals surface area (Å²) in [7, 11) is -2.05. The molecule has 1 atom stereocenters. The maximum atomic E-state index is 13.0. The van der Waals surface area contributed by atoms with Gasteiger partial charge in [-0.15, -0.1) is 21.5 Å². The molecule has 12 nitrogen and oxygen atoms in total. The predicted octanol–water partition coefficient (Wildman–Crippen LogP) is 0.788. The highest BCUT2D eigenvalue weighted by Gasteiger charge is 2.38. The first-order valence-corrected chi connectivity index (χ1v) is 12.5. The van der Waals surface area contributed by atoms with Crippen LogP contribution in [0.15, 0.2) is 14.5 Å². The Morgan fingerprint density at radius 1 is 1.42 bits per heavy atom. The van der Waals surface area contributed by atoms with Gasteiger partial charge in [0.25, 0.3) is 21.0 Å². The van der Waals surface area contributed by atoms with Crippen molar-refractivity contribution in [1.82, 2.24) is 14.3 Å². The van der Waals surface area contributed by atoms with Gasteiger partial charge in [-0.2, -0.15) is 4.31 Å². The Balaban J connectivity index is 1.98. The fraction of sp³-hybridized carbons (Fsp3) is 0.688. The summed E-state index contributed by atoms with van der Waals surface area (Å²) >= 11 is 2.11. The number of sulfonamides is 1. The monoisotopic (exact) mass is 498 g/mol. The van der Waals surface area contributed by atoms with E-state index in [-0.39, 0.29) is 30.1 Å². The Hall–Kier alpha value is -1.49. The number of hydrogen-bond donors (Lipinski definition) is 2. The lowest BCUT2D eigenvalue weighted by Crippen LogP contribution is -2.43. The largest absolute Gasteiger partial charge is 0.385 e. The first kappa shape index (κ1) is 25.8. The lowest BCUT2D eigenvalue weighted by atomic mass is 10.1. The fourth-order valence-electron chi connectivity index (χ4n) is 2.87. The molecule has 0 aromatic carbocycles. The minimum Gasteiger partial charge on any atom is -0.385 e. The molecular formula is C16H26N4O8S3. The smallest absolute Gasteiger partial charge is 0.294 e. The van der Waals surface area contributed by atoms with Crippen LogP contribution in [0, 0.1) is 10.1 Å². The third-order valence-corrected chi connectivity index (χ3v) is 8.65. The Kier molecular flexibility index (Phi) is 10.4. The molecule has 0 spiro atoms. The van der Waals surface area contributed by atoms with Gasteiger partial charge in [0.2, 0.25) is 0 Å². The van der Waals surface area contributed by atoms with Crippen molar-refractivity contribution in [3.63, 3.8) is 0 Å². The van der Waals surface area contributed by atoms with Crippen molar-refractivity contribution in [2.45, 2.75) is 27.8 Å². The highest BCUT2D eigenvalue weighted by Crippen LogP contribution is 2.41. The van der Waals surface area contributed by atoms with Crippen molar-refractivity contribution in [1.29, 1.82) is 0 Å². The van der Waals surface area contributed by atoms with Crippen LogP contribution < -0.4 is 10.0 Å². The number of methoxy groups -OCH3 is 1. The zero-order valence-corrected chi connectivity index (χ0v) is 19.6. The molecule has 176 valence electrons. The van der Waals surface area contributed by atoms with Gasteiger partial charge in [-0.1, -0.05) is 6.92 Å². The van der Waals surface area contributed by atoms with E-state index < -0.39 is 21.0 Å². The third kappa shape index (κ3) is 7.55. The van der Waals surface area contributed by atoms with E-state index in [0.29, 0.717) is 42.4 Å². The zero-order valence-electron chi connectivity index (χ0n) is 17.2. The third-order valence-electron chi connectivity index (χ3n) is 4.17. The van der Waals surface area contributed by atoms with E-state index in [9.17, 15) is 23.3 Å². The number of rotatable bonds is 14. The number of nitrogens with one attached hydrogen (secondary N) is 2. The van der Waals surface area contributed by atoms with Gasteiger partial charge >= 0.3 is 0 Å². The van der Waals surface area contributed by atoms with Gasteiger partial charge in [-0.05, 0) is 31.0 Å². The zero-order chi connectivity index (χ0) is 22.9. The standard InChI is InChI=1S/C16H26N4O8S3/c1-3-17-13-10-19(5-4-6-26-2)31(24,25)16-12(13)9-15(29-16)30-18-14(21)11-27-7-8-28-20(22)23/h9,13,17H,3-8,10-11H2,1-2H3,(H,18,21). The van der Waals surface area contributed by atoms with Crippen LogP contribution in [0.1, 0.15) is 24.9 Å². The summed E-state index contributed by atoms with van der Waals surface area (Å²) in [5.41, 5.74) is 0.694. The minimum atomic E-state index is -3.62. The summed E-state index contributed by atoms with van der Waals surface area (Å²) < 4.78 is 41.0. The van der Waals surface area contributed by atoms with Crippen molar-refractivity contribution in [2.75, 3.05) is 53.2 Å². The molecule has 0 saturated carbocycles. The van der Waals surface area contributed by atoms with Crippen LogP contribution in [-0.2, 0) is 29.1 Å². The van der Waals surface area contributed by atoms with Crippen molar-refractivity contribution in [2.24, 2.45) is 0 Å². The second-order valence-electron chi connectivity index (χ2n) is 6.36. The molecule has 1 amide bonds. The molecule has 0 bridgehead atoms. The van der Waals surface area contributed by atoms with E-state index in [1.807, 2.05) is 6.92 Å². The minimum absolute atomic E-state index is 0.103. The Bertz CT molecular complexity index is 848. The molecule has 1 aliphatic heterocycles. The molecule has 2 N–H and O–H groups in total. The summed E-state index contributed by atoms with van der Waals surface area (Å²) in [4.78, 5) is 26.0. The van der Waals surface area contributed by atoms with E-state index in [4.69, 9.17) is 9.47 Å². The second-order valence-corrected chi connectivity index (χ2v) is 10.7. The van der Waals surface area contributed by atoms with Crippen LogP contribution in [-0.4, -0.2) is 76.9 Å². The molecular weight excluding hydrogens is 472 g/mol. The average molecular weight is 499 g/mol. The van der Waals surface area contributed by atoms with E-state index >= 15 is 0 Å². The van der Waals surface area contributed by atoms with Crippen LogP contribution in [0.25, 0.3) is 0 Å². The predicted molar refractivity (Wildman–Crippen MR) is 114 cm³/mol. The molecule has 31 heavy (non-hydrogen) atoms. The number of carbonyl (C=O) groups excluding carboxylic acids is 1. The normalized spacial score (nSPS) is 17.8. The lowest BCUT2D eigenvalue weighted by molar-refractivity contribution is -0.758. The van der Waals surface area contributed by atoms with Crippen LogP contribution in [0.2, 0.25) is 0 Å². The lowest BCUT2D eigenvalue weighted by Gasteiger charge is -2.32. The number of hydrogen-bond acceptors (Lipinski definition) is 11. The number of ether oxygens (including phenoxy) is 2. The highest BCUT2D eigenvalue weighted by atomic mass is 32.3. The van der Waals surface area contributed by atoms with Crippen molar-refractivity contribution in [3.8, 4) is 0 Å². The molecule has 2 heterocycles. The molecule has 0 fully saturated rings. The Labute approximate surface area is 188 Å². The van der Waals surface area contributed by atoms with E-state index in [1.165, 1.54) is 4.31 Å². The van der Waals surface area contributed by atoms with E-state index in [1.54, 1.807) is 13.2 Å². The topological polar surface area (TPSA) is 149 Å². The molecule has 0 aliphatic carbocycles. The molecule has 2 rings (SSSR count). The summed E-state index contributed by atoms with van der Waals surface area (Å²) in [5, 5.41) is 12.4. The Morgan fingerprint density at radius 3 is 2.87 bits per heavy atom. The van der Waals surface area contributed by atoms with Gasteiger partial charge in [0.05, 0.1) is 10.8 Å². The highest BCUT2D eigenvalue weighted by molar-refractivity contribution is 8.00. The van der Waals surface area contributed by atoms with Crippen molar-refractivity contribution < 1.29 is 32.6 Å². The number of carbonyl (C=O) groups is 1. The summed E-state index contributed by atoms with van der Waals surface area (Å²) in [6.07, 6.45) is 0.597. The fourth-order valence-corrected chi connectivity index (χ4v) is 7.17. The van der Waals surface area contributed by atoms with Gasteiger partial charge in [-0.3, -0.25) is 9.52 Å². The summed E-state index contributed by atoms with van der Waals surface area (Å²) in [6.45, 7) is 3.14. The quantitative estimate of drug-likeness (QED) is 0.163. The number of thiophene rings is 1. The number of amides is 1. The molecule has 1 aliphatic rings. The number of likely N-dealkylation sites (N-methyl/N-ethyl adjacent to an activating group) is 1. The molecule has 15 heteroatoms. The number of nitrogens with zero attached hydrogens (tertiary/aromatic N) is 2. The van der Waals surface area contributed by atoms with E-state index in [2.05, 4.69) is 14.9 Å². The summed E-state index contributed by atoms with van der Waals surface area (Å²) in [6, 6.07) is 1.63. The molecule has 1 aromatic heterocycles. The Morgan fingerprint density at radius 2 is 2.19 bits per heavy atom. The van der Waals surface area contributed by atoms with Gasteiger partial charge < -0.3 is 19.6 Å². The van der Waals surface area contributed by atoms with Crippen LogP contribution >= 0.6 is 23.3 Å². The van der Waals surface area contributed by atoms with Crippen molar-refractivity contribution >= 4 is 39.2 Å². The summed E-state index contributed by atoms with van der Waals surface area (Å²) in [5.74, 6) is -0.454. The van der Waals surface area contributed by atoms with Gasteiger partial charge in [0, 0.05) is 38.4 Å². The van der Waals surface area contributed by atoms with Crippen LogP contribution in [0.4, 0.5) is 0 Å². The SMILES string of the molecule is CCNC1CN(CCCOC)S(=O)(=O)c2sc(SNC(=O)COCCO[N+](=O)[O-])cc21. The van der Waals surface area contributed by atoms with Gasteiger partial charge in [-0.25, -0.2) is 8.42 Å². The van der Waals surface area contributed by atoms with Crippen molar-refractivity contribution in [3.05, 3.63) is 21.7 Å². The van der Waals surface area contributed by atoms with Crippen LogP contribution in [0.5, 0.6) is 0 Å². The molecule has 0 radical (unpaired) electrons. The molecule has 0 saturated heterocycles. The van der Waals surface area contributed by atoms with Crippen LogP contribution in [0.3, 0.4) is 0 Å². The average Bonchev–Trinajstić information content (AvgIpc) is 3.15. The first-order chi connectivity index (χ1) is 14.8. The van der Waals surface area contributed by atoms with Gasteiger partial charge in [0.1, 0.15) is 17.4 Å². The molecule has 1 aromatic rings.